The third kappa shape index (κ3) is 4.70. The highest BCUT2D eigenvalue weighted by Crippen LogP contribution is 2.30. The predicted molar refractivity (Wildman–Crippen MR) is 116 cm³/mol. The molecule has 4 nitrogen and oxygen atoms in total. The van der Waals surface area contributed by atoms with Gasteiger partial charge in [-0.15, -0.1) is 10.2 Å². The summed E-state index contributed by atoms with van der Waals surface area (Å²) in [5.74, 6) is 2.49. The first-order valence-corrected chi connectivity index (χ1v) is 10.8. The van der Waals surface area contributed by atoms with E-state index in [2.05, 4.69) is 52.9 Å². The van der Waals surface area contributed by atoms with Crippen LogP contribution in [0.25, 0.3) is 0 Å². The van der Waals surface area contributed by atoms with Crippen molar-refractivity contribution in [2.45, 2.75) is 58.2 Å². The fourth-order valence-electron chi connectivity index (χ4n) is 3.07. The van der Waals surface area contributed by atoms with Gasteiger partial charge in [0, 0.05) is 17.3 Å². The van der Waals surface area contributed by atoms with Crippen LogP contribution >= 0.6 is 23.4 Å². The summed E-state index contributed by atoms with van der Waals surface area (Å²) in [4.78, 5) is 0. The molecule has 0 aliphatic heterocycles. The zero-order valence-corrected chi connectivity index (χ0v) is 18.6. The summed E-state index contributed by atoms with van der Waals surface area (Å²) in [5.41, 5.74) is 4.57. The van der Waals surface area contributed by atoms with E-state index in [9.17, 15) is 0 Å². The van der Waals surface area contributed by atoms with Crippen LogP contribution in [0, 0.1) is 20.8 Å². The Balaban J connectivity index is 1.74. The zero-order valence-electron chi connectivity index (χ0n) is 17.0. The van der Waals surface area contributed by atoms with Crippen LogP contribution in [0.5, 0.6) is 5.75 Å². The van der Waals surface area contributed by atoms with Crippen molar-refractivity contribution >= 4 is 23.4 Å². The van der Waals surface area contributed by atoms with E-state index >= 15 is 0 Å². The van der Waals surface area contributed by atoms with Crippen molar-refractivity contribution in [3.05, 3.63) is 69.5 Å². The van der Waals surface area contributed by atoms with E-state index in [0.29, 0.717) is 0 Å². The van der Waals surface area contributed by atoms with Crippen molar-refractivity contribution in [2.75, 3.05) is 0 Å². The summed E-state index contributed by atoms with van der Waals surface area (Å²) in [6.07, 6.45) is -0.207. The second-order valence-corrected chi connectivity index (χ2v) is 8.31. The van der Waals surface area contributed by atoms with Gasteiger partial charge in [0.05, 0.1) is 0 Å². The normalized spacial score (nSPS) is 12.2. The fraction of sp³-hybridized carbons (Fsp3) is 0.364. The maximum atomic E-state index is 6.26. The van der Waals surface area contributed by atoms with E-state index in [0.717, 1.165) is 45.2 Å². The van der Waals surface area contributed by atoms with Crippen molar-refractivity contribution in [1.82, 2.24) is 14.8 Å². The number of hydrogen-bond acceptors (Lipinski definition) is 4. The van der Waals surface area contributed by atoms with Crippen molar-refractivity contribution in [3.63, 3.8) is 0 Å². The Morgan fingerprint density at radius 1 is 1.07 bits per heavy atom. The molecule has 2 aromatic carbocycles. The Hall–Kier alpha value is -1.98. The standard InChI is InChI=1S/C22H26ClN3OS/c1-6-26-21(17(5)27-19-11-15(3)20(23)16(4)12-19)24-25-22(26)28-13-18-9-7-14(2)8-10-18/h7-12,17H,6,13H2,1-5H3. The van der Waals surface area contributed by atoms with Gasteiger partial charge < -0.3 is 9.30 Å². The second-order valence-electron chi connectivity index (χ2n) is 6.99. The van der Waals surface area contributed by atoms with Crippen molar-refractivity contribution in [1.29, 1.82) is 0 Å². The molecule has 28 heavy (non-hydrogen) atoms. The van der Waals surface area contributed by atoms with Crippen LogP contribution in [-0.2, 0) is 12.3 Å². The summed E-state index contributed by atoms with van der Waals surface area (Å²) < 4.78 is 8.28. The number of halogens is 1. The van der Waals surface area contributed by atoms with Crippen LogP contribution in [0.1, 0.15) is 48.0 Å². The number of benzene rings is 2. The molecule has 6 heteroatoms. The van der Waals surface area contributed by atoms with Gasteiger partial charge in [0.2, 0.25) is 0 Å². The van der Waals surface area contributed by atoms with E-state index in [1.807, 2.05) is 32.9 Å². The lowest BCUT2D eigenvalue weighted by atomic mass is 10.1. The summed E-state index contributed by atoms with van der Waals surface area (Å²) in [7, 11) is 0. The minimum absolute atomic E-state index is 0.207. The quantitative estimate of drug-likeness (QED) is 0.424. The second kappa shape index (κ2) is 9.01. The Morgan fingerprint density at radius 3 is 2.32 bits per heavy atom. The van der Waals surface area contributed by atoms with Gasteiger partial charge in [-0.2, -0.15) is 0 Å². The Kier molecular flexibility index (Phi) is 6.68. The van der Waals surface area contributed by atoms with Crippen molar-refractivity contribution < 1.29 is 4.74 Å². The molecule has 0 radical (unpaired) electrons. The van der Waals surface area contributed by atoms with Crippen LogP contribution in [0.15, 0.2) is 41.6 Å². The van der Waals surface area contributed by atoms with Crippen LogP contribution in [0.3, 0.4) is 0 Å². The first-order chi connectivity index (χ1) is 13.4. The van der Waals surface area contributed by atoms with Gasteiger partial charge in [0.15, 0.2) is 17.1 Å². The monoisotopic (exact) mass is 415 g/mol. The molecule has 3 rings (SSSR count). The highest BCUT2D eigenvalue weighted by Gasteiger charge is 2.19. The molecule has 1 aromatic heterocycles. The summed E-state index contributed by atoms with van der Waals surface area (Å²) >= 11 is 7.96. The van der Waals surface area contributed by atoms with E-state index < -0.39 is 0 Å². The van der Waals surface area contributed by atoms with Gasteiger partial charge in [0.1, 0.15) is 5.75 Å². The van der Waals surface area contributed by atoms with Gasteiger partial charge >= 0.3 is 0 Å². The topological polar surface area (TPSA) is 39.9 Å². The highest BCUT2D eigenvalue weighted by atomic mass is 35.5. The maximum Gasteiger partial charge on any atom is 0.191 e. The average molecular weight is 416 g/mol. The van der Waals surface area contributed by atoms with Crippen LogP contribution in [-0.4, -0.2) is 14.8 Å². The fourth-order valence-corrected chi connectivity index (χ4v) is 4.14. The van der Waals surface area contributed by atoms with Gasteiger partial charge in [-0.05, 0) is 63.4 Å². The Labute approximate surface area is 176 Å². The maximum absolute atomic E-state index is 6.26. The number of aryl methyl sites for hydroxylation is 3. The van der Waals surface area contributed by atoms with E-state index in [-0.39, 0.29) is 6.10 Å². The molecule has 0 N–H and O–H groups in total. The highest BCUT2D eigenvalue weighted by molar-refractivity contribution is 7.98. The molecule has 3 aromatic rings. The summed E-state index contributed by atoms with van der Waals surface area (Å²) in [5, 5.41) is 10.5. The molecule has 0 aliphatic rings. The molecule has 0 bridgehead atoms. The number of aromatic nitrogens is 3. The number of rotatable bonds is 7. The van der Waals surface area contributed by atoms with Crippen LogP contribution in [0.4, 0.5) is 0 Å². The first kappa shape index (κ1) is 20.7. The number of nitrogens with zero attached hydrogens (tertiary/aromatic N) is 3. The first-order valence-electron chi connectivity index (χ1n) is 9.44. The SMILES string of the molecule is CCn1c(SCc2ccc(C)cc2)nnc1C(C)Oc1cc(C)c(Cl)c(C)c1. The lowest BCUT2D eigenvalue weighted by molar-refractivity contribution is 0.209. The zero-order chi connectivity index (χ0) is 20.3. The number of hydrogen-bond donors (Lipinski definition) is 0. The smallest absolute Gasteiger partial charge is 0.191 e. The summed E-state index contributed by atoms with van der Waals surface area (Å²) in [6.45, 7) is 11.0. The number of ether oxygens (including phenoxy) is 1. The third-order valence-corrected chi connectivity index (χ3v) is 6.27. The predicted octanol–water partition coefficient (Wildman–Crippen LogP) is 6.31. The molecule has 1 unspecified atom stereocenters. The van der Waals surface area contributed by atoms with Gasteiger partial charge in [-0.3, -0.25) is 0 Å². The third-order valence-electron chi connectivity index (χ3n) is 4.64. The average Bonchev–Trinajstić information content (AvgIpc) is 3.08. The molecular formula is C22H26ClN3OS. The van der Waals surface area contributed by atoms with Crippen molar-refractivity contribution in [2.24, 2.45) is 0 Å². The lowest BCUT2D eigenvalue weighted by Crippen LogP contribution is -2.12. The molecule has 0 saturated heterocycles. The van der Waals surface area contributed by atoms with Crippen molar-refractivity contribution in [3.8, 4) is 5.75 Å². The lowest BCUT2D eigenvalue weighted by Gasteiger charge is -2.17. The van der Waals surface area contributed by atoms with Gasteiger partial charge in [-0.25, -0.2) is 0 Å². The molecule has 0 fully saturated rings. The minimum Gasteiger partial charge on any atom is -0.483 e. The Morgan fingerprint density at radius 2 is 1.71 bits per heavy atom. The van der Waals surface area contributed by atoms with E-state index in [4.69, 9.17) is 16.3 Å². The number of thioether (sulfide) groups is 1. The molecule has 148 valence electrons. The molecular weight excluding hydrogens is 390 g/mol. The molecule has 0 saturated carbocycles. The molecule has 1 atom stereocenters. The van der Waals surface area contributed by atoms with Crippen LogP contribution in [0.2, 0.25) is 5.02 Å². The molecule has 0 spiro atoms. The van der Waals surface area contributed by atoms with Gasteiger partial charge in [0.25, 0.3) is 0 Å². The van der Waals surface area contributed by atoms with Gasteiger partial charge in [-0.1, -0.05) is 53.2 Å². The van der Waals surface area contributed by atoms with E-state index in [1.54, 1.807) is 11.8 Å². The minimum atomic E-state index is -0.207. The van der Waals surface area contributed by atoms with E-state index in [1.165, 1.54) is 11.1 Å². The molecule has 0 aliphatic carbocycles. The molecule has 1 heterocycles. The Bertz CT molecular complexity index is 930. The molecule has 0 amide bonds. The van der Waals surface area contributed by atoms with Crippen LogP contribution < -0.4 is 4.74 Å². The summed E-state index contributed by atoms with van der Waals surface area (Å²) in [6, 6.07) is 12.5. The largest absolute Gasteiger partial charge is 0.483 e.